The lowest BCUT2D eigenvalue weighted by molar-refractivity contribution is -0.0596. The van der Waals surface area contributed by atoms with Crippen LogP contribution in [0.15, 0.2) is 65.7 Å². The number of rotatable bonds is 3. The van der Waals surface area contributed by atoms with Crippen LogP contribution in [0.25, 0.3) is 0 Å². The molecule has 0 bridgehead atoms. The van der Waals surface area contributed by atoms with E-state index in [4.69, 9.17) is 0 Å². The number of alkyl halides is 2. The normalized spacial score (nSPS) is 11.6. The first-order valence-electron chi connectivity index (χ1n) is 5.39. The van der Waals surface area contributed by atoms with E-state index in [-0.39, 0.29) is 5.90 Å². The molecule has 2 nitrogen and oxygen atoms in total. The van der Waals surface area contributed by atoms with Crippen LogP contribution in [-0.4, -0.2) is 12.5 Å². The van der Waals surface area contributed by atoms with Crippen molar-refractivity contribution in [3.8, 4) is 0 Å². The van der Waals surface area contributed by atoms with Gasteiger partial charge >= 0.3 is 6.61 Å². The molecule has 0 fully saturated rings. The number of aliphatic imine (C=N–C) groups is 1. The Hall–Kier alpha value is -2.23. The Balaban J connectivity index is 2.34. The van der Waals surface area contributed by atoms with Crippen LogP contribution in [0.1, 0.15) is 5.56 Å². The van der Waals surface area contributed by atoms with Gasteiger partial charge in [-0.25, -0.2) is 4.99 Å². The molecule has 0 saturated carbocycles. The topological polar surface area (TPSA) is 21.6 Å². The zero-order valence-electron chi connectivity index (χ0n) is 9.46. The second-order valence-electron chi connectivity index (χ2n) is 3.50. The molecule has 0 radical (unpaired) electrons. The molecule has 0 amide bonds. The number of ether oxygens (including phenoxy) is 1. The van der Waals surface area contributed by atoms with Gasteiger partial charge in [0.15, 0.2) is 0 Å². The summed E-state index contributed by atoms with van der Waals surface area (Å²) in [6.07, 6.45) is 0. The highest BCUT2D eigenvalue weighted by molar-refractivity contribution is 5.95. The molecule has 18 heavy (non-hydrogen) atoms. The lowest BCUT2D eigenvalue weighted by Crippen LogP contribution is -2.10. The highest BCUT2D eigenvalue weighted by atomic mass is 19.3. The maximum Gasteiger partial charge on any atom is 0.388 e. The zero-order chi connectivity index (χ0) is 12.8. The van der Waals surface area contributed by atoms with Crippen molar-refractivity contribution < 1.29 is 13.5 Å². The lowest BCUT2D eigenvalue weighted by Gasteiger charge is -2.08. The third kappa shape index (κ3) is 3.38. The molecule has 0 saturated heterocycles. The van der Waals surface area contributed by atoms with Crippen molar-refractivity contribution in [1.29, 1.82) is 0 Å². The number of halogens is 2. The molecular weight excluding hydrogens is 236 g/mol. The summed E-state index contributed by atoms with van der Waals surface area (Å²) in [6, 6.07) is 17.5. The molecular formula is C14H11F2NO. The van der Waals surface area contributed by atoms with Gasteiger partial charge in [-0.1, -0.05) is 36.4 Å². The lowest BCUT2D eigenvalue weighted by atomic mass is 10.2. The van der Waals surface area contributed by atoms with Crippen LogP contribution in [0, 0.1) is 0 Å². The maximum absolute atomic E-state index is 12.4. The number of para-hydroxylation sites is 1. The molecule has 0 heterocycles. The smallest absolute Gasteiger partial charge is 0.388 e. The highest BCUT2D eigenvalue weighted by Crippen LogP contribution is 2.15. The maximum atomic E-state index is 12.4. The SMILES string of the molecule is FC(F)OC(=Nc1ccccc1)c1ccccc1. The first-order chi connectivity index (χ1) is 8.75. The minimum Gasteiger partial charge on any atom is -0.416 e. The average Bonchev–Trinajstić information content (AvgIpc) is 2.40. The van der Waals surface area contributed by atoms with E-state index in [9.17, 15) is 8.78 Å². The summed E-state index contributed by atoms with van der Waals surface area (Å²) in [7, 11) is 0. The van der Waals surface area contributed by atoms with Crippen molar-refractivity contribution in [2.24, 2.45) is 4.99 Å². The van der Waals surface area contributed by atoms with Crippen molar-refractivity contribution in [3.63, 3.8) is 0 Å². The minimum atomic E-state index is -2.90. The van der Waals surface area contributed by atoms with Gasteiger partial charge in [-0.05, 0) is 24.3 Å². The second-order valence-corrected chi connectivity index (χ2v) is 3.50. The summed E-state index contributed by atoms with van der Waals surface area (Å²) in [6.45, 7) is -2.90. The van der Waals surface area contributed by atoms with Crippen LogP contribution < -0.4 is 0 Å². The van der Waals surface area contributed by atoms with Crippen molar-refractivity contribution >= 4 is 11.6 Å². The van der Waals surface area contributed by atoms with Crippen LogP contribution in [0.4, 0.5) is 14.5 Å². The van der Waals surface area contributed by atoms with E-state index >= 15 is 0 Å². The van der Waals surface area contributed by atoms with Crippen LogP contribution in [0.2, 0.25) is 0 Å². The van der Waals surface area contributed by atoms with Gasteiger partial charge in [0.05, 0.1) is 5.69 Å². The fourth-order valence-electron chi connectivity index (χ4n) is 1.44. The monoisotopic (exact) mass is 247 g/mol. The van der Waals surface area contributed by atoms with Crippen molar-refractivity contribution in [3.05, 3.63) is 66.2 Å². The third-order valence-electron chi connectivity index (χ3n) is 2.21. The Morgan fingerprint density at radius 2 is 1.44 bits per heavy atom. The van der Waals surface area contributed by atoms with Crippen LogP contribution in [0.5, 0.6) is 0 Å². The Kier molecular flexibility index (Phi) is 4.02. The summed E-state index contributed by atoms with van der Waals surface area (Å²) >= 11 is 0. The third-order valence-corrected chi connectivity index (χ3v) is 2.21. The average molecular weight is 247 g/mol. The standard InChI is InChI=1S/C14H11F2NO/c15-14(16)18-13(11-7-3-1-4-8-11)17-12-9-5-2-6-10-12/h1-10,14H. The van der Waals surface area contributed by atoms with Crippen LogP contribution in [0.3, 0.4) is 0 Å². The number of benzene rings is 2. The fourth-order valence-corrected chi connectivity index (χ4v) is 1.44. The van der Waals surface area contributed by atoms with E-state index in [1.165, 1.54) is 0 Å². The largest absolute Gasteiger partial charge is 0.416 e. The molecule has 2 aromatic rings. The van der Waals surface area contributed by atoms with E-state index in [1.54, 1.807) is 54.6 Å². The number of hydrogen-bond donors (Lipinski definition) is 0. The zero-order valence-corrected chi connectivity index (χ0v) is 9.46. The molecule has 92 valence electrons. The van der Waals surface area contributed by atoms with Crippen molar-refractivity contribution in [2.45, 2.75) is 6.61 Å². The van der Waals surface area contributed by atoms with Gasteiger partial charge in [0, 0.05) is 5.56 Å². The van der Waals surface area contributed by atoms with E-state index in [2.05, 4.69) is 9.73 Å². The summed E-state index contributed by atoms with van der Waals surface area (Å²) in [4.78, 5) is 4.08. The minimum absolute atomic E-state index is 0.0863. The van der Waals surface area contributed by atoms with E-state index in [1.807, 2.05) is 6.07 Å². The Morgan fingerprint density at radius 3 is 2.00 bits per heavy atom. The van der Waals surface area contributed by atoms with E-state index in [0.29, 0.717) is 11.3 Å². The molecule has 0 spiro atoms. The van der Waals surface area contributed by atoms with Crippen LogP contribution >= 0.6 is 0 Å². The van der Waals surface area contributed by atoms with Gasteiger partial charge in [-0.3, -0.25) is 0 Å². The van der Waals surface area contributed by atoms with Gasteiger partial charge in [-0.2, -0.15) is 8.78 Å². The molecule has 0 aliphatic heterocycles. The summed E-state index contributed by atoms with van der Waals surface area (Å²) in [5.41, 5.74) is 1.08. The number of hydrogen-bond acceptors (Lipinski definition) is 2. The second kappa shape index (κ2) is 5.91. The summed E-state index contributed by atoms with van der Waals surface area (Å²) in [5, 5.41) is 0. The molecule has 0 aromatic heterocycles. The van der Waals surface area contributed by atoms with Crippen molar-refractivity contribution in [1.82, 2.24) is 0 Å². The predicted molar refractivity (Wildman–Crippen MR) is 66.2 cm³/mol. The molecule has 0 N–H and O–H groups in total. The van der Waals surface area contributed by atoms with Crippen molar-refractivity contribution in [2.75, 3.05) is 0 Å². The molecule has 0 unspecified atom stereocenters. The van der Waals surface area contributed by atoms with Crippen LogP contribution in [-0.2, 0) is 4.74 Å². The quantitative estimate of drug-likeness (QED) is 0.593. The molecule has 0 atom stereocenters. The molecule has 4 heteroatoms. The first kappa shape index (κ1) is 12.2. The predicted octanol–water partition coefficient (Wildman–Crippen LogP) is 4.00. The molecule has 0 aliphatic rings. The Morgan fingerprint density at radius 1 is 0.889 bits per heavy atom. The van der Waals surface area contributed by atoms with Gasteiger partial charge in [-0.15, -0.1) is 0 Å². The van der Waals surface area contributed by atoms with Gasteiger partial charge in [0.1, 0.15) is 0 Å². The molecule has 0 aliphatic carbocycles. The summed E-state index contributed by atoms with van der Waals surface area (Å²) in [5.74, 6) is -0.0863. The van der Waals surface area contributed by atoms with E-state index in [0.717, 1.165) is 0 Å². The Labute approximate surface area is 104 Å². The van der Waals surface area contributed by atoms with Gasteiger partial charge in [0.2, 0.25) is 5.90 Å². The highest BCUT2D eigenvalue weighted by Gasteiger charge is 2.11. The number of nitrogens with zero attached hydrogens (tertiary/aromatic N) is 1. The molecule has 2 aromatic carbocycles. The first-order valence-corrected chi connectivity index (χ1v) is 5.39. The molecule has 2 rings (SSSR count). The Bertz CT molecular complexity index is 512. The van der Waals surface area contributed by atoms with Gasteiger partial charge < -0.3 is 4.74 Å². The summed E-state index contributed by atoms with van der Waals surface area (Å²) < 4.78 is 29.2. The fraction of sp³-hybridized carbons (Fsp3) is 0.0714. The van der Waals surface area contributed by atoms with Gasteiger partial charge in [0.25, 0.3) is 0 Å². The van der Waals surface area contributed by atoms with E-state index < -0.39 is 6.61 Å².